The molecule has 2 rings (SSSR count). The van der Waals surface area contributed by atoms with Crippen molar-refractivity contribution in [1.82, 2.24) is 20.4 Å². The zero-order valence-electron chi connectivity index (χ0n) is 12.2. The summed E-state index contributed by atoms with van der Waals surface area (Å²) in [6.45, 7) is 6.60. The standard InChI is InChI=1S/C14H21N5S/c1-11-8-18-19(10-11)6-5-16-14(15-3)17-9-13-12(2)4-7-20-13/h4,7-8,10H,5-6,9H2,1-3H3,(H2,15,16,17). The Hall–Kier alpha value is -1.82. The van der Waals surface area contributed by atoms with E-state index in [9.17, 15) is 0 Å². The van der Waals surface area contributed by atoms with Crippen LogP contribution < -0.4 is 10.6 Å². The van der Waals surface area contributed by atoms with Crippen molar-refractivity contribution in [2.75, 3.05) is 13.6 Å². The van der Waals surface area contributed by atoms with Crippen LogP contribution in [-0.4, -0.2) is 29.3 Å². The molecule has 0 amide bonds. The summed E-state index contributed by atoms with van der Waals surface area (Å²) >= 11 is 1.77. The van der Waals surface area contributed by atoms with Crippen molar-refractivity contribution in [3.05, 3.63) is 39.8 Å². The minimum atomic E-state index is 0.796. The van der Waals surface area contributed by atoms with E-state index in [0.29, 0.717) is 0 Å². The molecule has 0 unspecified atom stereocenters. The molecule has 0 bridgehead atoms. The van der Waals surface area contributed by atoms with E-state index in [0.717, 1.165) is 25.6 Å². The maximum atomic E-state index is 4.25. The van der Waals surface area contributed by atoms with Crippen LogP contribution in [0.2, 0.25) is 0 Å². The van der Waals surface area contributed by atoms with Gasteiger partial charge in [0.15, 0.2) is 5.96 Å². The van der Waals surface area contributed by atoms with Gasteiger partial charge >= 0.3 is 0 Å². The smallest absolute Gasteiger partial charge is 0.191 e. The second kappa shape index (κ2) is 7.09. The largest absolute Gasteiger partial charge is 0.355 e. The van der Waals surface area contributed by atoms with E-state index < -0.39 is 0 Å². The van der Waals surface area contributed by atoms with Crippen molar-refractivity contribution < 1.29 is 0 Å². The lowest BCUT2D eigenvalue weighted by Gasteiger charge is -2.11. The predicted molar refractivity (Wildman–Crippen MR) is 84.2 cm³/mol. The van der Waals surface area contributed by atoms with Crippen molar-refractivity contribution in [1.29, 1.82) is 0 Å². The van der Waals surface area contributed by atoms with Gasteiger partial charge in [-0.1, -0.05) is 0 Å². The van der Waals surface area contributed by atoms with Gasteiger partial charge in [0.25, 0.3) is 0 Å². The van der Waals surface area contributed by atoms with Crippen LogP contribution in [0, 0.1) is 13.8 Å². The van der Waals surface area contributed by atoms with Gasteiger partial charge in [-0.25, -0.2) is 0 Å². The topological polar surface area (TPSA) is 54.2 Å². The lowest BCUT2D eigenvalue weighted by Crippen LogP contribution is -2.38. The number of guanidine groups is 1. The molecule has 0 aliphatic rings. The summed E-state index contributed by atoms with van der Waals surface area (Å²) in [4.78, 5) is 5.57. The molecular weight excluding hydrogens is 270 g/mol. The summed E-state index contributed by atoms with van der Waals surface area (Å²) in [5, 5.41) is 13.0. The maximum absolute atomic E-state index is 4.25. The van der Waals surface area contributed by atoms with E-state index >= 15 is 0 Å². The third-order valence-corrected chi connectivity index (χ3v) is 4.03. The molecule has 0 aliphatic heterocycles. The van der Waals surface area contributed by atoms with Crippen LogP contribution in [0.3, 0.4) is 0 Å². The number of thiophene rings is 1. The van der Waals surface area contributed by atoms with Crippen molar-refractivity contribution in [2.45, 2.75) is 26.9 Å². The van der Waals surface area contributed by atoms with Crippen LogP contribution in [0.5, 0.6) is 0 Å². The highest BCUT2D eigenvalue weighted by molar-refractivity contribution is 7.10. The van der Waals surface area contributed by atoms with Gasteiger partial charge in [0.2, 0.25) is 0 Å². The Balaban J connectivity index is 1.74. The minimum absolute atomic E-state index is 0.796. The molecule has 0 fully saturated rings. The first kappa shape index (κ1) is 14.6. The molecule has 0 radical (unpaired) electrons. The average molecular weight is 291 g/mol. The summed E-state index contributed by atoms with van der Waals surface area (Å²) in [7, 11) is 1.79. The highest BCUT2D eigenvalue weighted by atomic mass is 32.1. The number of nitrogens with one attached hydrogen (secondary N) is 2. The fourth-order valence-corrected chi connectivity index (χ4v) is 2.69. The van der Waals surface area contributed by atoms with Gasteiger partial charge in [0.05, 0.1) is 19.3 Å². The van der Waals surface area contributed by atoms with Gasteiger partial charge in [-0.3, -0.25) is 9.67 Å². The molecule has 0 atom stereocenters. The Bertz CT molecular complexity index is 570. The summed E-state index contributed by atoms with van der Waals surface area (Å²) < 4.78 is 1.93. The Kier molecular flexibility index (Phi) is 5.17. The quantitative estimate of drug-likeness (QED) is 0.654. The first-order chi connectivity index (χ1) is 9.69. The third-order valence-electron chi connectivity index (χ3n) is 3.00. The van der Waals surface area contributed by atoms with Gasteiger partial charge in [0, 0.05) is 24.7 Å². The first-order valence-corrected chi connectivity index (χ1v) is 7.53. The van der Waals surface area contributed by atoms with Crippen LogP contribution in [-0.2, 0) is 13.1 Å². The number of hydrogen-bond acceptors (Lipinski definition) is 3. The lowest BCUT2D eigenvalue weighted by atomic mass is 10.3. The van der Waals surface area contributed by atoms with E-state index in [1.807, 2.05) is 24.0 Å². The number of hydrogen-bond donors (Lipinski definition) is 2. The van der Waals surface area contributed by atoms with Crippen LogP contribution >= 0.6 is 11.3 Å². The van der Waals surface area contributed by atoms with Crippen LogP contribution in [0.15, 0.2) is 28.8 Å². The van der Waals surface area contributed by atoms with E-state index in [-0.39, 0.29) is 0 Å². The molecule has 0 saturated carbocycles. The Morgan fingerprint density at radius 1 is 1.40 bits per heavy atom. The lowest BCUT2D eigenvalue weighted by molar-refractivity contribution is 0.597. The maximum Gasteiger partial charge on any atom is 0.191 e. The normalized spacial score (nSPS) is 11.7. The van der Waals surface area contributed by atoms with Gasteiger partial charge in [-0.2, -0.15) is 5.10 Å². The van der Waals surface area contributed by atoms with Crippen LogP contribution in [0.4, 0.5) is 0 Å². The molecule has 2 heterocycles. The first-order valence-electron chi connectivity index (χ1n) is 6.65. The average Bonchev–Trinajstić information content (AvgIpc) is 3.03. The number of rotatable bonds is 5. The second-order valence-electron chi connectivity index (χ2n) is 4.66. The molecule has 0 aromatic carbocycles. The van der Waals surface area contributed by atoms with E-state index in [1.165, 1.54) is 16.0 Å². The number of aryl methyl sites for hydroxylation is 2. The fraction of sp³-hybridized carbons (Fsp3) is 0.429. The van der Waals surface area contributed by atoms with Crippen molar-refractivity contribution >= 4 is 17.3 Å². The van der Waals surface area contributed by atoms with Gasteiger partial charge in [0.1, 0.15) is 0 Å². The minimum Gasteiger partial charge on any atom is -0.355 e. The van der Waals surface area contributed by atoms with Crippen molar-refractivity contribution in [3.8, 4) is 0 Å². The molecule has 20 heavy (non-hydrogen) atoms. The molecule has 2 aromatic heterocycles. The SMILES string of the molecule is CN=C(NCCn1cc(C)cn1)NCc1sccc1C. The number of aliphatic imine (C=N–C) groups is 1. The zero-order chi connectivity index (χ0) is 14.4. The van der Waals surface area contributed by atoms with Gasteiger partial charge in [-0.05, 0) is 36.4 Å². The molecule has 0 saturated heterocycles. The molecule has 6 heteroatoms. The van der Waals surface area contributed by atoms with Crippen molar-refractivity contribution in [2.24, 2.45) is 4.99 Å². The van der Waals surface area contributed by atoms with Gasteiger partial charge < -0.3 is 10.6 Å². The van der Waals surface area contributed by atoms with Gasteiger partial charge in [-0.15, -0.1) is 11.3 Å². The third kappa shape index (κ3) is 4.09. The summed E-state index contributed by atoms with van der Waals surface area (Å²) in [6, 6.07) is 2.14. The Morgan fingerprint density at radius 3 is 2.85 bits per heavy atom. The number of aromatic nitrogens is 2. The Morgan fingerprint density at radius 2 is 2.25 bits per heavy atom. The molecular formula is C14H21N5S. The van der Waals surface area contributed by atoms with E-state index in [1.54, 1.807) is 18.4 Å². The van der Waals surface area contributed by atoms with E-state index in [4.69, 9.17) is 0 Å². The summed E-state index contributed by atoms with van der Waals surface area (Å²) in [6.07, 6.45) is 3.90. The Labute approximate surface area is 123 Å². The van der Waals surface area contributed by atoms with Crippen LogP contribution in [0.1, 0.15) is 16.0 Å². The fourth-order valence-electron chi connectivity index (χ4n) is 1.85. The molecule has 2 aromatic rings. The zero-order valence-corrected chi connectivity index (χ0v) is 13.0. The highest BCUT2D eigenvalue weighted by Crippen LogP contribution is 2.14. The molecule has 0 aliphatic carbocycles. The van der Waals surface area contributed by atoms with Crippen molar-refractivity contribution in [3.63, 3.8) is 0 Å². The molecule has 108 valence electrons. The monoisotopic (exact) mass is 291 g/mol. The molecule has 0 spiro atoms. The second-order valence-corrected chi connectivity index (χ2v) is 5.66. The summed E-state index contributed by atoms with van der Waals surface area (Å²) in [5.41, 5.74) is 2.51. The summed E-state index contributed by atoms with van der Waals surface area (Å²) in [5.74, 6) is 0.821. The predicted octanol–water partition coefficient (Wildman–Crippen LogP) is 1.93. The van der Waals surface area contributed by atoms with Crippen LogP contribution in [0.25, 0.3) is 0 Å². The van der Waals surface area contributed by atoms with E-state index in [2.05, 4.69) is 39.1 Å². The molecule has 5 nitrogen and oxygen atoms in total. The number of nitrogens with zero attached hydrogens (tertiary/aromatic N) is 3. The highest BCUT2D eigenvalue weighted by Gasteiger charge is 2.02. The molecule has 2 N–H and O–H groups in total.